The highest BCUT2D eigenvalue weighted by Crippen LogP contribution is 2.38. The summed E-state index contributed by atoms with van der Waals surface area (Å²) in [4.78, 5) is 25.0. The second kappa shape index (κ2) is 25.1. The first-order valence-corrected chi connectivity index (χ1v) is 30.7. The van der Waals surface area contributed by atoms with E-state index >= 15 is 0 Å². The Bertz CT molecular complexity index is 4080. The molecule has 3 aliphatic rings. The van der Waals surface area contributed by atoms with Crippen molar-refractivity contribution in [3.05, 3.63) is 160 Å². The van der Waals surface area contributed by atoms with E-state index in [9.17, 15) is 0 Å². The molecule has 3 fully saturated rings. The maximum Gasteiger partial charge on any atom is 0.346 e. The Labute approximate surface area is 511 Å². The lowest BCUT2D eigenvalue weighted by Crippen LogP contribution is -2.29. The lowest BCUT2D eigenvalue weighted by atomic mass is 9.96. The molecular formula is C60H57N21O3S3. The lowest BCUT2D eigenvalue weighted by molar-refractivity contribution is 0.455. The van der Waals surface area contributed by atoms with Crippen LogP contribution in [-0.2, 0) is 0 Å². The van der Waals surface area contributed by atoms with Gasteiger partial charge in [0.15, 0.2) is 16.9 Å². The molecule has 24 nitrogen and oxygen atoms in total. The topological polar surface area (TPSA) is 254 Å². The first-order valence-electron chi connectivity index (χ1n) is 28.4. The maximum atomic E-state index is 7.15. The minimum atomic E-state index is 0.255. The van der Waals surface area contributed by atoms with Gasteiger partial charge in [-0.15, -0.1) is 0 Å². The van der Waals surface area contributed by atoms with Crippen LogP contribution in [0.4, 0.5) is 50.1 Å². The zero-order valence-corrected chi connectivity index (χ0v) is 50.0. The average Bonchev–Trinajstić information content (AvgIpc) is 2.04. The van der Waals surface area contributed by atoms with Crippen LogP contribution in [0.25, 0.3) is 64.9 Å². The quantitative estimate of drug-likeness (QED) is 0.0622. The zero-order chi connectivity index (χ0) is 59.4. The molecule has 15 rings (SSSR count). The van der Waals surface area contributed by atoms with Crippen molar-refractivity contribution in [2.24, 2.45) is 0 Å². The molecule has 0 radical (unpaired) electrons. The highest BCUT2D eigenvalue weighted by Gasteiger charge is 2.26. The number of rotatable bonds is 12. The third-order valence-corrected chi connectivity index (χ3v) is 17.7. The van der Waals surface area contributed by atoms with Gasteiger partial charge >= 0.3 is 17.7 Å². The number of hydrogen-bond donors (Lipinski definition) is 6. The molecule has 12 aromatic rings. The van der Waals surface area contributed by atoms with E-state index in [0.717, 1.165) is 195 Å². The van der Waals surface area contributed by atoms with Crippen molar-refractivity contribution in [1.82, 2.24) is 72.9 Å². The largest absolute Gasteiger partial charge is 0.486 e. The molecule has 3 unspecified atom stereocenters. The molecule has 6 N–H and O–H groups in total. The number of fused-ring (bicyclic) bond motifs is 3. The van der Waals surface area contributed by atoms with Crippen LogP contribution in [0.1, 0.15) is 90.4 Å². The molecule has 27 heteroatoms. The highest BCUT2D eigenvalue weighted by atomic mass is 32.1. The average molecular weight is 1220 g/mol. The van der Waals surface area contributed by atoms with E-state index < -0.39 is 0 Å². The molecule has 15 heterocycles. The molecule has 0 saturated carbocycles. The Hall–Kier alpha value is -9.66. The van der Waals surface area contributed by atoms with Gasteiger partial charge in [0, 0.05) is 89.0 Å². The first-order chi connectivity index (χ1) is 42.6. The van der Waals surface area contributed by atoms with Crippen molar-refractivity contribution in [3.8, 4) is 33.4 Å². The Morgan fingerprint density at radius 2 is 0.770 bits per heavy atom. The lowest BCUT2D eigenvalue weighted by Gasteiger charge is -2.23. The molecule has 3 aliphatic heterocycles. The van der Waals surface area contributed by atoms with Gasteiger partial charge in [0.1, 0.15) is 32.5 Å². The van der Waals surface area contributed by atoms with Crippen LogP contribution >= 0.6 is 34.6 Å². The minimum absolute atomic E-state index is 0.255. The fourth-order valence-electron chi connectivity index (χ4n) is 11.0. The summed E-state index contributed by atoms with van der Waals surface area (Å²) in [5, 5.41) is 37.3. The van der Waals surface area contributed by atoms with Crippen molar-refractivity contribution in [2.75, 3.05) is 55.2 Å². The summed E-state index contributed by atoms with van der Waals surface area (Å²) in [6.07, 6.45) is 16.8. The fourth-order valence-corrected chi connectivity index (χ4v) is 13.0. The summed E-state index contributed by atoms with van der Waals surface area (Å²) in [5.74, 6) is 4.36. The number of aryl methyl sites for hydroxylation is 3. The Kier molecular flexibility index (Phi) is 16.3. The molecular weight excluding hydrogens is 1160 g/mol. The molecule has 0 spiro atoms. The van der Waals surface area contributed by atoms with Gasteiger partial charge in [-0.05, 0) is 150 Å². The molecule has 3 atom stereocenters. The van der Waals surface area contributed by atoms with Crippen LogP contribution in [0.5, 0.6) is 0 Å². The monoisotopic (exact) mass is 1220 g/mol. The number of anilines is 6. The van der Waals surface area contributed by atoms with Crippen LogP contribution in [-0.4, -0.2) is 96.2 Å². The van der Waals surface area contributed by atoms with Gasteiger partial charge in [-0.25, -0.2) is 15.0 Å². The second-order valence-corrected chi connectivity index (χ2v) is 23.9. The number of nitrogens with zero attached hydrogens (tertiary/aromatic N) is 15. The van der Waals surface area contributed by atoms with E-state index in [1.165, 1.54) is 34.6 Å². The van der Waals surface area contributed by atoms with Crippen LogP contribution in [0.3, 0.4) is 0 Å². The summed E-state index contributed by atoms with van der Waals surface area (Å²) in [6.45, 7) is 33.3. The summed E-state index contributed by atoms with van der Waals surface area (Å²) in [6, 6.07) is 17.5. The van der Waals surface area contributed by atoms with Crippen molar-refractivity contribution >= 4 is 102 Å². The molecule has 0 aromatic carbocycles. The number of aromatic nitrogens is 12. The van der Waals surface area contributed by atoms with Gasteiger partial charge < -0.3 is 45.2 Å². The van der Waals surface area contributed by atoms with Crippen molar-refractivity contribution in [2.45, 2.75) is 77.0 Å². The van der Waals surface area contributed by atoms with Gasteiger partial charge in [-0.2, -0.15) is 56.5 Å². The number of nitrogens with one attached hydrogen (secondary N) is 6. The molecule has 12 aromatic heterocycles. The van der Waals surface area contributed by atoms with E-state index in [1.54, 1.807) is 69.1 Å². The Balaban J connectivity index is 0.000000121. The fraction of sp³-hybridized carbons (Fsp3) is 0.300. The predicted octanol–water partition coefficient (Wildman–Crippen LogP) is 13.5. The highest BCUT2D eigenvalue weighted by molar-refractivity contribution is 7.10. The van der Waals surface area contributed by atoms with Crippen molar-refractivity contribution in [3.63, 3.8) is 0 Å². The van der Waals surface area contributed by atoms with Gasteiger partial charge in [-0.1, -0.05) is 0 Å². The van der Waals surface area contributed by atoms with Gasteiger partial charge in [0.2, 0.25) is 0 Å². The Morgan fingerprint density at radius 3 is 1.01 bits per heavy atom. The van der Waals surface area contributed by atoms with E-state index in [2.05, 4.69) is 93.1 Å². The van der Waals surface area contributed by atoms with Crippen molar-refractivity contribution < 1.29 is 13.3 Å². The summed E-state index contributed by atoms with van der Waals surface area (Å²) < 4.78 is 34.4. The number of piperidine rings is 3. The first kappa shape index (κ1) is 56.5. The normalized spacial score (nSPS) is 16.8. The van der Waals surface area contributed by atoms with Crippen LogP contribution in [0.2, 0.25) is 0 Å². The molecule has 3 saturated heterocycles. The standard InChI is InChI=1S/3C20H19N7OS/c3*1-12-6-19(29-26-12)25-17-8-16(13-4-3-5-22-9-13)24-20-15(10-23-27(17)20)14-7-18(21-2)28-11-14/h3*6-8,10-11,13,22,25H,3-5,9H2,1H3. The van der Waals surface area contributed by atoms with Crippen LogP contribution in [0.15, 0.2) is 105 Å². The van der Waals surface area contributed by atoms with Gasteiger partial charge in [-0.3, -0.25) is 0 Å². The second-order valence-electron chi connectivity index (χ2n) is 21.4. The third kappa shape index (κ3) is 12.3. The van der Waals surface area contributed by atoms with E-state index in [-0.39, 0.29) is 17.7 Å². The van der Waals surface area contributed by atoms with E-state index in [4.69, 9.17) is 47.9 Å². The molecule has 87 heavy (non-hydrogen) atoms. The van der Waals surface area contributed by atoms with Crippen LogP contribution in [0, 0.1) is 40.5 Å². The SMILES string of the molecule is [C-]#[N+]c1cc(-c2cnn3c(Nc4cc(C)ns4)cc(C4CCCNC4)nc23)co1.[C-]#[N+]c1cc(-c2cnn3c(Nc4cc(C)ns4)cc(C4CCCNC4)nc23)co1.[C-]#[N+]c1cc(-c2cnn3c(Nc4cc(C)ns4)cc(C4CCCNC4)nc23)co1. The summed E-state index contributed by atoms with van der Waals surface area (Å²) in [5.41, 5.74) is 13.2. The molecule has 0 aliphatic carbocycles. The van der Waals surface area contributed by atoms with Crippen molar-refractivity contribution in [1.29, 1.82) is 0 Å². The summed E-state index contributed by atoms with van der Waals surface area (Å²) >= 11 is 4.26. The summed E-state index contributed by atoms with van der Waals surface area (Å²) in [7, 11) is 0. The predicted molar refractivity (Wildman–Crippen MR) is 336 cm³/mol. The Morgan fingerprint density at radius 1 is 0.460 bits per heavy atom. The number of hydrogen-bond acceptors (Lipinski definition) is 21. The number of furan rings is 3. The third-order valence-electron chi connectivity index (χ3n) is 15.3. The molecule has 438 valence electrons. The van der Waals surface area contributed by atoms with Crippen LogP contribution < -0.4 is 31.9 Å². The maximum absolute atomic E-state index is 7.15. The van der Waals surface area contributed by atoms with Gasteiger partial charge in [0.25, 0.3) is 0 Å². The smallest absolute Gasteiger partial charge is 0.346 e. The minimum Gasteiger partial charge on any atom is -0.486 e. The van der Waals surface area contributed by atoms with Gasteiger partial charge in [0.05, 0.1) is 91.3 Å². The molecule has 0 amide bonds. The van der Waals surface area contributed by atoms with E-state index in [0.29, 0.717) is 17.8 Å². The van der Waals surface area contributed by atoms with E-state index in [1.807, 2.05) is 39.0 Å². The zero-order valence-electron chi connectivity index (χ0n) is 47.5. The molecule has 0 bridgehead atoms.